The van der Waals surface area contributed by atoms with Crippen molar-refractivity contribution in [2.45, 2.75) is 28.4 Å². The SMILES string of the molecule is FC12CC(I)(C1)C2. The van der Waals surface area contributed by atoms with E-state index in [0.717, 1.165) is 19.3 Å². The van der Waals surface area contributed by atoms with Crippen LogP contribution in [-0.2, 0) is 0 Å². The third-order valence-electron chi connectivity index (χ3n) is 1.90. The zero-order valence-electron chi connectivity index (χ0n) is 3.88. The highest BCUT2D eigenvalue weighted by Gasteiger charge is 2.67. The first-order chi connectivity index (χ1) is 3.12. The van der Waals surface area contributed by atoms with Gasteiger partial charge in [-0.05, 0) is 19.3 Å². The van der Waals surface area contributed by atoms with Gasteiger partial charge in [0.25, 0.3) is 0 Å². The molecule has 0 heterocycles. The predicted octanol–water partition coefficient (Wildman–Crippen LogP) is 2.07. The molecule has 3 aliphatic rings. The van der Waals surface area contributed by atoms with Gasteiger partial charge in [0.2, 0.25) is 0 Å². The van der Waals surface area contributed by atoms with Crippen molar-refractivity contribution in [2.24, 2.45) is 0 Å². The van der Waals surface area contributed by atoms with E-state index in [1.807, 2.05) is 0 Å². The highest BCUT2D eigenvalue weighted by atomic mass is 127. The summed E-state index contributed by atoms with van der Waals surface area (Å²) in [6, 6.07) is 0. The van der Waals surface area contributed by atoms with Gasteiger partial charge in [-0.25, -0.2) is 4.39 Å². The number of rotatable bonds is 0. The minimum absolute atomic E-state index is 0.423. The molecule has 0 aromatic rings. The van der Waals surface area contributed by atoms with Gasteiger partial charge in [-0.15, -0.1) is 0 Å². The molecule has 40 valence electrons. The molecule has 0 N–H and O–H groups in total. The van der Waals surface area contributed by atoms with Crippen molar-refractivity contribution >= 4 is 22.6 Å². The van der Waals surface area contributed by atoms with Gasteiger partial charge in [0, 0.05) is 3.42 Å². The summed E-state index contributed by atoms with van der Waals surface area (Å²) in [5, 5.41) is 0. The highest BCUT2D eigenvalue weighted by Crippen LogP contribution is 2.67. The Morgan fingerprint density at radius 1 is 1.29 bits per heavy atom. The van der Waals surface area contributed by atoms with E-state index >= 15 is 0 Å². The van der Waals surface area contributed by atoms with E-state index in [2.05, 4.69) is 22.6 Å². The Morgan fingerprint density at radius 2 is 1.71 bits per heavy atom. The van der Waals surface area contributed by atoms with Crippen LogP contribution < -0.4 is 0 Å². The maximum absolute atomic E-state index is 12.5. The van der Waals surface area contributed by atoms with Gasteiger partial charge in [0.05, 0.1) is 0 Å². The first-order valence-electron chi connectivity index (χ1n) is 2.50. The summed E-state index contributed by atoms with van der Waals surface area (Å²) >= 11 is 2.36. The Balaban J connectivity index is 2.16. The van der Waals surface area contributed by atoms with E-state index in [-0.39, 0.29) is 0 Å². The summed E-state index contributed by atoms with van der Waals surface area (Å²) in [4.78, 5) is 0. The van der Waals surface area contributed by atoms with Gasteiger partial charge >= 0.3 is 0 Å². The Hall–Kier alpha value is 0.660. The molecular formula is C5H6FI. The molecule has 3 aliphatic carbocycles. The molecule has 0 atom stereocenters. The van der Waals surface area contributed by atoms with Crippen molar-refractivity contribution in [3.05, 3.63) is 0 Å². The Bertz CT molecular complexity index is 89.5. The van der Waals surface area contributed by atoms with Gasteiger partial charge in [0.15, 0.2) is 0 Å². The van der Waals surface area contributed by atoms with Crippen molar-refractivity contribution in [3.8, 4) is 0 Å². The molecule has 3 saturated carbocycles. The van der Waals surface area contributed by atoms with Crippen LogP contribution in [0, 0.1) is 0 Å². The summed E-state index contributed by atoms with van der Waals surface area (Å²) in [6.07, 6.45) is 2.50. The minimum atomic E-state index is -0.679. The lowest BCUT2D eigenvalue weighted by Crippen LogP contribution is -2.65. The average Bonchev–Trinajstić information content (AvgIpc) is 1.27. The lowest BCUT2D eigenvalue weighted by atomic mass is 9.53. The third-order valence-corrected chi connectivity index (χ3v) is 3.05. The monoisotopic (exact) mass is 212 g/mol. The minimum Gasteiger partial charge on any atom is -0.244 e. The first kappa shape index (κ1) is 4.53. The fourth-order valence-corrected chi connectivity index (χ4v) is 3.60. The summed E-state index contributed by atoms with van der Waals surface area (Å²) in [5.74, 6) is 0. The second kappa shape index (κ2) is 0.870. The molecule has 0 nitrogen and oxygen atoms in total. The number of hydrogen-bond acceptors (Lipinski definition) is 0. The summed E-state index contributed by atoms with van der Waals surface area (Å²) in [7, 11) is 0. The fourth-order valence-electron chi connectivity index (χ4n) is 1.55. The summed E-state index contributed by atoms with van der Waals surface area (Å²) in [5.41, 5.74) is -0.679. The first-order valence-corrected chi connectivity index (χ1v) is 3.58. The largest absolute Gasteiger partial charge is 0.244 e. The Kier molecular flexibility index (Phi) is 0.563. The smallest absolute Gasteiger partial charge is 0.114 e. The van der Waals surface area contributed by atoms with Crippen LogP contribution in [0.15, 0.2) is 0 Å². The number of hydrogen-bond donors (Lipinski definition) is 0. The topological polar surface area (TPSA) is 0 Å². The van der Waals surface area contributed by atoms with Gasteiger partial charge in [0.1, 0.15) is 5.67 Å². The van der Waals surface area contributed by atoms with E-state index in [0.29, 0.717) is 3.42 Å². The van der Waals surface area contributed by atoms with Crippen LogP contribution >= 0.6 is 22.6 Å². The van der Waals surface area contributed by atoms with Gasteiger partial charge in [-0.1, -0.05) is 22.6 Å². The standard InChI is InChI=1S/C5H6FI/c6-4-1-5(7,2-4)3-4/h1-3H2. The normalized spacial score (nSPS) is 66.0. The predicted molar refractivity (Wildman–Crippen MR) is 34.4 cm³/mol. The van der Waals surface area contributed by atoms with Crippen LogP contribution in [0.1, 0.15) is 19.3 Å². The van der Waals surface area contributed by atoms with Gasteiger partial charge in [-0.3, -0.25) is 0 Å². The molecule has 3 fully saturated rings. The molecule has 0 spiro atoms. The van der Waals surface area contributed by atoms with Crippen molar-refractivity contribution in [1.82, 2.24) is 0 Å². The van der Waals surface area contributed by atoms with E-state index in [1.165, 1.54) is 0 Å². The van der Waals surface area contributed by atoms with Crippen LogP contribution in [0.5, 0.6) is 0 Å². The van der Waals surface area contributed by atoms with E-state index in [9.17, 15) is 4.39 Å². The molecule has 0 aromatic heterocycles. The van der Waals surface area contributed by atoms with Crippen LogP contribution in [-0.4, -0.2) is 9.09 Å². The van der Waals surface area contributed by atoms with Crippen molar-refractivity contribution in [3.63, 3.8) is 0 Å². The van der Waals surface area contributed by atoms with E-state index in [1.54, 1.807) is 0 Å². The molecule has 0 radical (unpaired) electrons. The summed E-state index contributed by atoms with van der Waals surface area (Å²) in [6.45, 7) is 0. The van der Waals surface area contributed by atoms with Crippen molar-refractivity contribution < 1.29 is 4.39 Å². The lowest BCUT2D eigenvalue weighted by molar-refractivity contribution is -0.0913. The van der Waals surface area contributed by atoms with Crippen LogP contribution in [0.4, 0.5) is 4.39 Å². The zero-order valence-corrected chi connectivity index (χ0v) is 6.03. The van der Waals surface area contributed by atoms with E-state index < -0.39 is 5.67 Å². The average molecular weight is 212 g/mol. The third kappa shape index (κ3) is 0.415. The van der Waals surface area contributed by atoms with Crippen LogP contribution in [0.25, 0.3) is 0 Å². The van der Waals surface area contributed by atoms with Crippen LogP contribution in [0.2, 0.25) is 0 Å². The van der Waals surface area contributed by atoms with Crippen LogP contribution in [0.3, 0.4) is 0 Å². The zero-order chi connectivity index (χ0) is 5.12. The van der Waals surface area contributed by atoms with Gasteiger partial charge in [-0.2, -0.15) is 0 Å². The molecule has 0 unspecified atom stereocenters. The molecule has 7 heavy (non-hydrogen) atoms. The molecule has 0 amide bonds. The second-order valence-electron chi connectivity index (χ2n) is 2.83. The van der Waals surface area contributed by atoms with Crippen molar-refractivity contribution in [1.29, 1.82) is 0 Å². The van der Waals surface area contributed by atoms with E-state index in [4.69, 9.17) is 0 Å². The fraction of sp³-hybridized carbons (Fsp3) is 1.00. The number of halogens is 2. The molecule has 0 aromatic carbocycles. The molecule has 2 bridgehead atoms. The molecule has 0 saturated heterocycles. The molecule has 0 aliphatic heterocycles. The maximum atomic E-state index is 12.5. The quantitative estimate of drug-likeness (QED) is 0.426. The number of alkyl halides is 2. The Morgan fingerprint density at radius 3 is 1.71 bits per heavy atom. The maximum Gasteiger partial charge on any atom is 0.114 e. The summed E-state index contributed by atoms with van der Waals surface area (Å²) < 4.78 is 12.9. The molecule has 2 heteroatoms. The Labute approximate surface area is 55.6 Å². The highest BCUT2D eigenvalue weighted by molar-refractivity contribution is 14.1. The molecular weight excluding hydrogens is 206 g/mol. The lowest BCUT2D eigenvalue weighted by Gasteiger charge is -2.62. The van der Waals surface area contributed by atoms with Crippen molar-refractivity contribution in [2.75, 3.05) is 0 Å². The van der Waals surface area contributed by atoms with Gasteiger partial charge < -0.3 is 0 Å². The second-order valence-corrected chi connectivity index (χ2v) is 5.12. The molecule has 3 rings (SSSR count).